The third-order valence-electron chi connectivity index (χ3n) is 0. The van der Waals surface area contributed by atoms with Crippen molar-refractivity contribution in [2.45, 2.75) is 0 Å². The van der Waals surface area contributed by atoms with Crippen LogP contribution in [0.25, 0.3) is 0 Å². The van der Waals surface area contributed by atoms with Crippen LogP contribution < -0.4 is 0 Å². The number of rotatable bonds is 0. The van der Waals surface area contributed by atoms with Crippen LogP contribution in [-0.2, 0) is 30.5 Å². The Hall–Kier alpha value is -0.306. The fraction of sp³-hybridized carbons (Fsp3) is 0. The minimum atomic E-state index is -2.00. The van der Waals surface area contributed by atoms with Crippen molar-refractivity contribution in [2.24, 2.45) is 0 Å². The predicted octanol–water partition coefficient (Wildman–Crippen LogP) is -0.339. The molecule has 0 bridgehead atoms. The third kappa shape index (κ3) is 287. The first-order valence-electron chi connectivity index (χ1n) is 0.862. The number of isocyanates is 1. The van der Waals surface area contributed by atoms with Gasteiger partial charge in [-0.3, -0.25) is 0 Å². The van der Waals surface area contributed by atoms with Crippen molar-refractivity contribution in [2.75, 3.05) is 0 Å². The van der Waals surface area contributed by atoms with Crippen LogP contribution in [0.2, 0.25) is 0 Å². The first-order valence-corrected chi connectivity index (χ1v) is 2.14. The fourth-order valence-electron chi connectivity index (χ4n) is 0. The first kappa shape index (κ1) is 9.19. The van der Waals surface area contributed by atoms with E-state index in [9.17, 15) is 0 Å². The van der Waals surface area contributed by atoms with Crippen LogP contribution in [-0.4, -0.2) is 6.08 Å². The predicted molar refractivity (Wildman–Crippen MR) is 9.79 cm³/mol. The summed E-state index contributed by atoms with van der Waals surface area (Å²) >= 11 is -2.00. The van der Waals surface area contributed by atoms with E-state index in [4.69, 9.17) is 16.9 Å². The summed E-state index contributed by atoms with van der Waals surface area (Å²) in [4.78, 5) is 8.35. The third-order valence-corrected chi connectivity index (χ3v) is 0. The van der Waals surface area contributed by atoms with E-state index in [1.165, 1.54) is 0 Å². The van der Waals surface area contributed by atoms with Gasteiger partial charge in [-0.05, 0) is 0 Å². The van der Waals surface area contributed by atoms with Gasteiger partial charge in [0, 0.05) is 0 Å². The molecule has 0 saturated carbocycles. The van der Waals surface area contributed by atoms with Crippen LogP contribution in [0.1, 0.15) is 0 Å². The van der Waals surface area contributed by atoms with Gasteiger partial charge >= 0.3 is 25.7 Å². The van der Waals surface area contributed by atoms with E-state index < -0.39 is 19.1 Å². The zero-order valence-corrected chi connectivity index (χ0v) is 4.29. The number of hydrogen-bond donors (Lipinski definition) is 1. The second-order valence-electron chi connectivity index (χ2n) is 0.185. The Labute approximate surface area is 42.6 Å². The van der Waals surface area contributed by atoms with E-state index >= 15 is 0 Å². The van der Waals surface area contributed by atoms with E-state index in [2.05, 4.69) is 0 Å². The maximum absolute atomic E-state index is 8.50. The molecule has 0 rings (SSSR count). The molecule has 0 spiro atoms. The van der Waals surface area contributed by atoms with Crippen molar-refractivity contribution in [3.63, 3.8) is 0 Å². The summed E-state index contributed by atoms with van der Waals surface area (Å²) in [5.74, 6) is 0. The molecule has 0 unspecified atom stereocenters. The van der Waals surface area contributed by atoms with Gasteiger partial charge in [0.05, 0.1) is 0 Å². The summed E-state index contributed by atoms with van der Waals surface area (Å²) in [5, 5.41) is 5.40. The summed E-state index contributed by atoms with van der Waals surface area (Å²) < 4.78 is 17.0. The van der Waals surface area contributed by atoms with Crippen LogP contribution in [0.15, 0.2) is 0 Å². The van der Waals surface area contributed by atoms with Gasteiger partial charge in [0.1, 0.15) is 0 Å². The molecule has 0 aliphatic rings. The van der Waals surface area contributed by atoms with Crippen molar-refractivity contribution < 1.29 is 30.5 Å². The van der Waals surface area contributed by atoms with Gasteiger partial charge in [0.25, 0.3) is 0 Å². The summed E-state index contributed by atoms with van der Waals surface area (Å²) in [6.07, 6.45) is 0.750. The molecular formula is CHNO3Ti. The molecule has 4 nitrogen and oxygen atoms in total. The van der Waals surface area contributed by atoms with Crippen molar-refractivity contribution in [1.29, 1.82) is 5.41 Å². The second kappa shape index (κ2) is 22.3. The Bertz CT molecular complexity index is 64.8. The second-order valence-corrected chi connectivity index (χ2v) is 0.446. The average Bonchev–Trinajstić information content (AvgIpc) is 1.39. The summed E-state index contributed by atoms with van der Waals surface area (Å²) in [5.41, 5.74) is 0. The van der Waals surface area contributed by atoms with Gasteiger partial charge in [0.15, 0.2) is 0 Å². The van der Waals surface area contributed by atoms with Crippen LogP contribution in [0, 0.1) is 5.41 Å². The van der Waals surface area contributed by atoms with Gasteiger partial charge < -0.3 is 0 Å². The van der Waals surface area contributed by atoms with E-state index in [0.29, 0.717) is 0 Å². The molecule has 0 amide bonds. The molecule has 0 aromatic carbocycles. The van der Waals surface area contributed by atoms with Gasteiger partial charge in [-0.15, -0.1) is 0 Å². The maximum atomic E-state index is 8.50. The standard InChI is InChI=1S/CHNO.2O.Ti/c2-1-3;;;/h2H;;;. The van der Waals surface area contributed by atoms with Crippen LogP contribution in [0.3, 0.4) is 0 Å². The van der Waals surface area contributed by atoms with Crippen molar-refractivity contribution >= 4 is 6.08 Å². The van der Waals surface area contributed by atoms with Gasteiger partial charge in [-0.2, -0.15) is 0 Å². The molecular weight excluding hydrogens is 122 g/mol. The molecule has 0 fully saturated rings. The zero-order valence-electron chi connectivity index (χ0n) is 2.72. The molecule has 6 heavy (non-hydrogen) atoms. The van der Waals surface area contributed by atoms with Crippen LogP contribution in [0.5, 0.6) is 0 Å². The van der Waals surface area contributed by atoms with Gasteiger partial charge in [-0.25, -0.2) is 10.2 Å². The number of hydrogen-bond acceptors (Lipinski definition) is 4. The van der Waals surface area contributed by atoms with Gasteiger partial charge in [-0.1, -0.05) is 0 Å². The first-order chi connectivity index (χ1) is 2.83. The Balaban J connectivity index is 0. The topological polar surface area (TPSA) is 75.1 Å². The fourth-order valence-corrected chi connectivity index (χ4v) is 0. The van der Waals surface area contributed by atoms with E-state index in [1.807, 2.05) is 0 Å². The van der Waals surface area contributed by atoms with E-state index in [-0.39, 0.29) is 0 Å². The summed E-state index contributed by atoms with van der Waals surface area (Å²) in [6, 6.07) is 0. The van der Waals surface area contributed by atoms with Crippen molar-refractivity contribution in [3.8, 4) is 0 Å². The molecule has 5 heteroatoms. The molecule has 0 aromatic rings. The van der Waals surface area contributed by atoms with Crippen LogP contribution in [0.4, 0.5) is 0 Å². The average molecular weight is 123 g/mol. The Morgan fingerprint density at radius 3 is 1.50 bits per heavy atom. The van der Waals surface area contributed by atoms with Crippen molar-refractivity contribution in [3.05, 3.63) is 0 Å². The molecule has 1 N–H and O–H groups in total. The quantitative estimate of drug-likeness (QED) is 0.272. The van der Waals surface area contributed by atoms with E-state index in [0.717, 1.165) is 6.08 Å². The van der Waals surface area contributed by atoms with Gasteiger partial charge in [0.2, 0.25) is 6.08 Å². The molecule has 0 radical (unpaired) electrons. The molecule has 32 valence electrons. The normalized spacial score (nSPS) is 2.67. The molecule has 0 heterocycles. The Morgan fingerprint density at radius 2 is 1.50 bits per heavy atom. The molecule has 0 aliphatic carbocycles. The number of nitrogens with one attached hydrogen (secondary N) is 1. The molecule has 0 aliphatic heterocycles. The zero-order chi connectivity index (χ0) is 5.41. The van der Waals surface area contributed by atoms with Crippen LogP contribution >= 0.6 is 0 Å². The SMILES string of the molecule is N=C=O.[O]=[Ti]=[O]. The minimum absolute atomic E-state index is 0.750. The van der Waals surface area contributed by atoms with Crippen molar-refractivity contribution in [1.82, 2.24) is 0 Å². The Kier molecular flexibility index (Phi) is 34.2. The summed E-state index contributed by atoms with van der Waals surface area (Å²) in [6.45, 7) is 0. The number of carbonyl (C=O) groups excluding carboxylic acids is 1. The summed E-state index contributed by atoms with van der Waals surface area (Å²) in [7, 11) is 0. The monoisotopic (exact) mass is 123 g/mol. The van der Waals surface area contributed by atoms with E-state index in [1.54, 1.807) is 0 Å². The molecule has 0 saturated heterocycles. The molecule has 0 atom stereocenters. The Morgan fingerprint density at radius 1 is 1.50 bits per heavy atom. The molecule has 0 aromatic heterocycles.